The van der Waals surface area contributed by atoms with E-state index in [-0.39, 0.29) is 11.3 Å². The van der Waals surface area contributed by atoms with Crippen LogP contribution in [-0.4, -0.2) is 62.7 Å². The average molecular weight is 452 g/mol. The highest BCUT2D eigenvalue weighted by Crippen LogP contribution is 2.49. The van der Waals surface area contributed by atoms with Gasteiger partial charge in [-0.25, -0.2) is 14.8 Å². The molecule has 1 aliphatic heterocycles. The molecule has 1 N–H and O–H groups in total. The van der Waals surface area contributed by atoms with Crippen LogP contribution in [0.5, 0.6) is 0 Å². The zero-order chi connectivity index (χ0) is 23.2. The Morgan fingerprint density at radius 3 is 2.66 bits per heavy atom. The van der Waals surface area contributed by atoms with Crippen molar-refractivity contribution in [2.75, 3.05) is 19.7 Å². The number of rotatable bonds is 5. The summed E-state index contributed by atoms with van der Waals surface area (Å²) in [7, 11) is 0. The molecule has 172 valence electrons. The summed E-state index contributed by atoms with van der Waals surface area (Å²) >= 11 is 0. The molecule has 2 aliphatic rings. The van der Waals surface area contributed by atoms with E-state index in [2.05, 4.69) is 15.0 Å². The second-order valence-corrected chi connectivity index (χ2v) is 7.89. The fourth-order valence-electron chi connectivity index (χ4n) is 4.24. The summed E-state index contributed by atoms with van der Waals surface area (Å²) in [6.07, 6.45) is 5.07. The van der Waals surface area contributed by atoms with Gasteiger partial charge in [0.1, 0.15) is 12.0 Å². The third-order valence-corrected chi connectivity index (χ3v) is 5.75. The number of fused-ring (bicyclic) bond motifs is 1. The zero-order valence-corrected chi connectivity index (χ0v) is 17.2. The summed E-state index contributed by atoms with van der Waals surface area (Å²) in [4.78, 5) is 35.7. The van der Waals surface area contributed by atoms with Crippen LogP contribution < -0.4 is 0 Å². The van der Waals surface area contributed by atoms with E-state index in [1.54, 1.807) is 18.5 Å². The van der Waals surface area contributed by atoms with Gasteiger partial charge >= 0.3 is 12.1 Å². The Hall–Kier alpha value is -3.08. The molecule has 11 heteroatoms. The molecule has 4 rings (SSSR count). The van der Waals surface area contributed by atoms with Gasteiger partial charge in [-0.15, -0.1) is 0 Å². The number of carboxylic acids is 1. The molecular weight excluding hydrogens is 429 g/mol. The largest absolute Gasteiger partial charge is 0.490 e. The van der Waals surface area contributed by atoms with E-state index >= 15 is 0 Å². The van der Waals surface area contributed by atoms with Gasteiger partial charge in [-0.1, -0.05) is 12.5 Å². The first-order valence-corrected chi connectivity index (χ1v) is 10.0. The van der Waals surface area contributed by atoms with Gasteiger partial charge < -0.3 is 14.7 Å². The first-order valence-electron chi connectivity index (χ1n) is 10.0. The smallest absolute Gasteiger partial charge is 0.475 e. The molecule has 1 aliphatic carbocycles. The van der Waals surface area contributed by atoms with Crippen LogP contribution in [0.25, 0.3) is 0 Å². The van der Waals surface area contributed by atoms with E-state index in [0.29, 0.717) is 24.8 Å². The first kappa shape index (κ1) is 23.6. The van der Waals surface area contributed by atoms with Crippen LogP contribution in [0.4, 0.5) is 13.2 Å². The molecule has 0 spiro atoms. The van der Waals surface area contributed by atoms with Crippen molar-refractivity contribution in [3.05, 3.63) is 54.4 Å². The number of carbonyl (C=O) groups is 2. The standard InChI is InChI=1S/C19H22N4O2.C2HF3O2/c24-18(17-5-8-21-14-22-17)23-10-16-4-1-6-19(16,12-23)13-25-11-15-3-2-7-20-9-15;3-2(4,5)1(6)7/h2-3,5,7-9,14,16H,1,4,6,10-13H2;(H,6,7)/t16-,19+;/m1./s1. The van der Waals surface area contributed by atoms with Crippen LogP contribution in [0.1, 0.15) is 35.3 Å². The summed E-state index contributed by atoms with van der Waals surface area (Å²) in [5, 5.41) is 7.12. The van der Waals surface area contributed by atoms with E-state index in [9.17, 15) is 18.0 Å². The summed E-state index contributed by atoms with van der Waals surface area (Å²) < 4.78 is 37.8. The van der Waals surface area contributed by atoms with Crippen LogP contribution in [0.3, 0.4) is 0 Å². The minimum atomic E-state index is -5.08. The maximum Gasteiger partial charge on any atom is 0.490 e. The number of carbonyl (C=O) groups excluding carboxylic acids is 1. The number of pyridine rings is 1. The topological polar surface area (TPSA) is 106 Å². The number of halogens is 3. The van der Waals surface area contributed by atoms with Crippen LogP contribution in [0.15, 0.2) is 43.1 Å². The fraction of sp³-hybridized carbons (Fsp3) is 0.476. The predicted molar refractivity (Wildman–Crippen MR) is 105 cm³/mol. The zero-order valence-electron chi connectivity index (χ0n) is 17.2. The summed E-state index contributed by atoms with van der Waals surface area (Å²) in [6.45, 7) is 2.83. The molecule has 2 atom stereocenters. The number of carboxylic acid groups (broad SMARTS) is 1. The second-order valence-electron chi connectivity index (χ2n) is 7.89. The predicted octanol–water partition coefficient (Wildman–Crippen LogP) is 2.96. The minimum Gasteiger partial charge on any atom is -0.475 e. The lowest BCUT2D eigenvalue weighted by Gasteiger charge is -2.28. The van der Waals surface area contributed by atoms with Crippen LogP contribution in [0, 0.1) is 11.3 Å². The molecule has 0 bridgehead atoms. The number of hydrogen-bond acceptors (Lipinski definition) is 6. The quantitative estimate of drug-likeness (QED) is 0.744. The third kappa shape index (κ3) is 5.78. The van der Waals surface area contributed by atoms with E-state index in [1.807, 2.05) is 23.2 Å². The van der Waals surface area contributed by atoms with Crippen LogP contribution >= 0.6 is 0 Å². The number of amides is 1. The molecule has 0 unspecified atom stereocenters. The van der Waals surface area contributed by atoms with Crippen molar-refractivity contribution in [3.63, 3.8) is 0 Å². The number of likely N-dealkylation sites (tertiary alicyclic amines) is 1. The Morgan fingerprint density at radius 1 is 1.25 bits per heavy atom. The van der Waals surface area contributed by atoms with Gasteiger partial charge in [0.05, 0.1) is 13.2 Å². The first-order chi connectivity index (χ1) is 15.2. The van der Waals surface area contributed by atoms with Gasteiger partial charge in [0.15, 0.2) is 0 Å². The van der Waals surface area contributed by atoms with Gasteiger partial charge in [-0.3, -0.25) is 9.78 Å². The Morgan fingerprint density at radius 2 is 2.03 bits per heavy atom. The van der Waals surface area contributed by atoms with E-state index in [4.69, 9.17) is 14.6 Å². The Bertz CT molecular complexity index is 914. The van der Waals surface area contributed by atoms with E-state index in [1.165, 1.54) is 19.2 Å². The molecule has 2 aromatic rings. The number of aromatic nitrogens is 3. The maximum atomic E-state index is 12.7. The van der Waals surface area contributed by atoms with Crippen molar-refractivity contribution in [2.24, 2.45) is 11.3 Å². The third-order valence-electron chi connectivity index (χ3n) is 5.75. The van der Waals surface area contributed by atoms with Crippen molar-refractivity contribution in [3.8, 4) is 0 Å². The maximum absolute atomic E-state index is 12.7. The normalized spacial score (nSPS) is 22.1. The molecule has 8 nitrogen and oxygen atoms in total. The highest BCUT2D eigenvalue weighted by molar-refractivity contribution is 5.92. The fourth-order valence-corrected chi connectivity index (χ4v) is 4.24. The van der Waals surface area contributed by atoms with Gasteiger partial charge in [-0.2, -0.15) is 13.2 Å². The molecule has 32 heavy (non-hydrogen) atoms. The van der Waals surface area contributed by atoms with Crippen molar-refractivity contribution >= 4 is 11.9 Å². The molecule has 1 amide bonds. The van der Waals surface area contributed by atoms with Crippen LogP contribution in [-0.2, 0) is 16.1 Å². The Kier molecular flexibility index (Phi) is 7.39. The number of alkyl halides is 3. The Balaban J connectivity index is 0.000000360. The highest BCUT2D eigenvalue weighted by Gasteiger charge is 2.50. The monoisotopic (exact) mass is 452 g/mol. The lowest BCUT2D eigenvalue weighted by atomic mass is 9.81. The minimum absolute atomic E-state index is 0.00318. The molecular formula is C21H23F3N4O4. The highest BCUT2D eigenvalue weighted by atomic mass is 19.4. The van der Waals surface area contributed by atoms with Crippen molar-refractivity contribution in [2.45, 2.75) is 32.0 Å². The van der Waals surface area contributed by atoms with Crippen LogP contribution in [0.2, 0.25) is 0 Å². The number of hydrogen-bond donors (Lipinski definition) is 1. The molecule has 0 radical (unpaired) electrons. The molecule has 1 saturated heterocycles. The Labute approximate surface area is 182 Å². The number of aliphatic carboxylic acids is 1. The van der Waals surface area contributed by atoms with Gasteiger partial charge in [0.25, 0.3) is 5.91 Å². The van der Waals surface area contributed by atoms with Gasteiger partial charge in [0, 0.05) is 37.1 Å². The second kappa shape index (κ2) is 10.0. The van der Waals surface area contributed by atoms with Crippen molar-refractivity contribution in [1.82, 2.24) is 19.9 Å². The van der Waals surface area contributed by atoms with Gasteiger partial charge in [-0.05, 0) is 36.5 Å². The average Bonchev–Trinajstić information content (AvgIpc) is 3.32. The van der Waals surface area contributed by atoms with Crippen molar-refractivity contribution in [1.29, 1.82) is 0 Å². The number of ether oxygens (including phenoxy) is 1. The van der Waals surface area contributed by atoms with E-state index in [0.717, 1.165) is 25.1 Å². The molecule has 1 saturated carbocycles. The molecule has 2 fully saturated rings. The number of nitrogens with zero attached hydrogens (tertiary/aromatic N) is 4. The molecule has 0 aromatic carbocycles. The molecule has 3 heterocycles. The SMILES string of the molecule is O=C(O)C(F)(F)F.O=C(c1ccncn1)N1C[C@H]2CCC[C@@]2(COCc2cccnc2)C1. The van der Waals surface area contributed by atoms with E-state index < -0.39 is 12.1 Å². The lowest BCUT2D eigenvalue weighted by molar-refractivity contribution is -0.192. The molecule has 2 aromatic heterocycles. The summed E-state index contributed by atoms with van der Waals surface area (Å²) in [5.74, 6) is -2.23. The summed E-state index contributed by atoms with van der Waals surface area (Å²) in [5.41, 5.74) is 1.65. The van der Waals surface area contributed by atoms with Crippen molar-refractivity contribution < 1.29 is 32.6 Å². The lowest BCUT2D eigenvalue weighted by Crippen LogP contribution is -2.35. The summed E-state index contributed by atoms with van der Waals surface area (Å²) in [6, 6.07) is 5.63. The van der Waals surface area contributed by atoms with Gasteiger partial charge in [0.2, 0.25) is 0 Å².